The number of anilines is 2. The first-order chi connectivity index (χ1) is 12.5. The Hall–Kier alpha value is -2.57. The van der Waals surface area contributed by atoms with Crippen molar-refractivity contribution < 1.29 is 9.53 Å². The number of aryl methyl sites for hydroxylation is 1. The molecule has 7 heteroatoms. The van der Waals surface area contributed by atoms with Gasteiger partial charge in [0.25, 0.3) is 0 Å². The average Bonchev–Trinajstić information content (AvgIpc) is 2.63. The molecule has 132 valence electrons. The molecule has 0 amide bonds. The van der Waals surface area contributed by atoms with E-state index in [1.54, 1.807) is 36.4 Å². The Morgan fingerprint density at radius 1 is 1.12 bits per heavy atom. The Morgan fingerprint density at radius 2 is 1.85 bits per heavy atom. The Labute approximate surface area is 160 Å². The lowest BCUT2D eigenvalue weighted by Crippen LogP contribution is -2.09. The normalized spacial score (nSPS) is 10.4. The summed E-state index contributed by atoms with van der Waals surface area (Å²) in [7, 11) is 0. The van der Waals surface area contributed by atoms with Gasteiger partial charge in [0.2, 0.25) is 0 Å². The standard InChI is InChI=1S/C19H16ClN3O2S/c1-12-11-17(23-19(21-12)26-2)22-13-7-9-14(10-8-13)25-18(24)15-5-3-4-6-16(15)20/h3-11H,1-2H3,(H,21,22,23). The number of hydrogen-bond acceptors (Lipinski definition) is 6. The molecular formula is C19H16ClN3O2S. The third-order valence-corrected chi connectivity index (χ3v) is 4.32. The van der Waals surface area contributed by atoms with Crippen molar-refractivity contribution in [2.75, 3.05) is 11.6 Å². The maximum absolute atomic E-state index is 12.2. The molecule has 5 nitrogen and oxygen atoms in total. The molecule has 1 N–H and O–H groups in total. The summed E-state index contributed by atoms with van der Waals surface area (Å²) in [4.78, 5) is 20.9. The summed E-state index contributed by atoms with van der Waals surface area (Å²) in [5.74, 6) is 0.652. The van der Waals surface area contributed by atoms with Crippen LogP contribution in [0.15, 0.2) is 59.8 Å². The van der Waals surface area contributed by atoms with Crippen molar-refractivity contribution in [3.63, 3.8) is 0 Å². The summed E-state index contributed by atoms with van der Waals surface area (Å²) in [6.07, 6.45) is 1.93. The molecule has 0 fully saturated rings. The first-order valence-corrected chi connectivity index (χ1v) is 9.39. The van der Waals surface area contributed by atoms with Crippen LogP contribution in [0.5, 0.6) is 5.75 Å². The van der Waals surface area contributed by atoms with Crippen LogP contribution >= 0.6 is 23.4 Å². The summed E-state index contributed by atoms with van der Waals surface area (Å²) in [6, 6.07) is 15.7. The van der Waals surface area contributed by atoms with Gasteiger partial charge in [-0.1, -0.05) is 35.5 Å². The molecule has 1 heterocycles. The highest BCUT2D eigenvalue weighted by Gasteiger charge is 2.12. The highest BCUT2D eigenvalue weighted by molar-refractivity contribution is 7.98. The van der Waals surface area contributed by atoms with Gasteiger partial charge in [-0.2, -0.15) is 0 Å². The molecule has 0 saturated heterocycles. The minimum atomic E-state index is -0.493. The predicted molar refractivity (Wildman–Crippen MR) is 105 cm³/mol. The van der Waals surface area contributed by atoms with Crippen LogP contribution in [-0.2, 0) is 0 Å². The summed E-state index contributed by atoms with van der Waals surface area (Å²) in [5.41, 5.74) is 2.04. The van der Waals surface area contributed by atoms with E-state index in [1.165, 1.54) is 11.8 Å². The Balaban J connectivity index is 1.70. The van der Waals surface area contributed by atoms with E-state index in [0.717, 1.165) is 11.4 Å². The number of rotatable bonds is 5. The number of esters is 1. The van der Waals surface area contributed by atoms with Gasteiger partial charge in [-0.25, -0.2) is 14.8 Å². The summed E-state index contributed by atoms with van der Waals surface area (Å²) in [5, 5.41) is 4.28. The van der Waals surface area contributed by atoms with Gasteiger partial charge in [0.15, 0.2) is 5.16 Å². The number of nitrogens with one attached hydrogen (secondary N) is 1. The molecular weight excluding hydrogens is 370 g/mol. The SMILES string of the molecule is CSc1nc(C)cc(Nc2ccc(OC(=O)c3ccccc3Cl)cc2)n1. The molecule has 0 aliphatic heterocycles. The molecule has 0 radical (unpaired) electrons. The monoisotopic (exact) mass is 385 g/mol. The van der Waals surface area contributed by atoms with Crippen LogP contribution in [0.3, 0.4) is 0 Å². The molecule has 1 aromatic heterocycles. The predicted octanol–water partition coefficient (Wildman–Crippen LogP) is 5.12. The number of thioether (sulfide) groups is 1. The zero-order valence-electron chi connectivity index (χ0n) is 14.2. The fourth-order valence-corrected chi connectivity index (χ4v) is 2.88. The maximum atomic E-state index is 12.2. The van der Waals surface area contributed by atoms with Gasteiger partial charge in [0.05, 0.1) is 10.6 Å². The van der Waals surface area contributed by atoms with E-state index < -0.39 is 5.97 Å². The van der Waals surface area contributed by atoms with E-state index in [-0.39, 0.29) is 0 Å². The molecule has 0 bridgehead atoms. The smallest absolute Gasteiger partial charge is 0.345 e. The molecule has 2 aromatic carbocycles. The van der Waals surface area contributed by atoms with Crippen molar-refractivity contribution in [2.24, 2.45) is 0 Å². The first-order valence-electron chi connectivity index (χ1n) is 7.78. The fourth-order valence-electron chi connectivity index (χ4n) is 2.24. The van der Waals surface area contributed by atoms with Gasteiger partial charge < -0.3 is 10.1 Å². The number of carbonyl (C=O) groups excluding carboxylic acids is 1. The average molecular weight is 386 g/mol. The van der Waals surface area contributed by atoms with Gasteiger partial charge in [-0.3, -0.25) is 0 Å². The molecule has 26 heavy (non-hydrogen) atoms. The quantitative estimate of drug-likeness (QED) is 0.284. The topological polar surface area (TPSA) is 64.1 Å². The highest BCUT2D eigenvalue weighted by atomic mass is 35.5. The summed E-state index contributed by atoms with van der Waals surface area (Å²) in [6.45, 7) is 1.92. The Morgan fingerprint density at radius 3 is 2.54 bits per heavy atom. The van der Waals surface area contributed by atoms with E-state index in [9.17, 15) is 4.79 Å². The van der Waals surface area contributed by atoms with Crippen molar-refractivity contribution in [2.45, 2.75) is 12.1 Å². The Bertz CT molecular complexity index is 932. The zero-order chi connectivity index (χ0) is 18.5. The van der Waals surface area contributed by atoms with E-state index >= 15 is 0 Å². The van der Waals surface area contributed by atoms with Crippen molar-refractivity contribution in [1.29, 1.82) is 0 Å². The van der Waals surface area contributed by atoms with Crippen molar-refractivity contribution >= 4 is 40.8 Å². The molecule has 0 saturated carbocycles. The minimum Gasteiger partial charge on any atom is -0.423 e. The lowest BCUT2D eigenvalue weighted by molar-refractivity contribution is 0.0735. The second-order valence-electron chi connectivity index (χ2n) is 5.40. The molecule has 0 aliphatic carbocycles. The third-order valence-electron chi connectivity index (χ3n) is 3.45. The molecule has 0 atom stereocenters. The highest BCUT2D eigenvalue weighted by Crippen LogP contribution is 2.23. The van der Waals surface area contributed by atoms with Crippen LogP contribution in [-0.4, -0.2) is 22.2 Å². The van der Waals surface area contributed by atoms with Crippen LogP contribution < -0.4 is 10.1 Å². The maximum Gasteiger partial charge on any atom is 0.345 e. The fraction of sp³-hybridized carbons (Fsp3) is 0.105. The van der Waals surface area contributed by atoms with Crippen molar-refractivity contribution in [1.82, 2.24) is 9.97 Å². The number of ether oxygens (including phenoxy) is 1. The number of benzene rings is 2. The van der Waals surface area contributed by atoms with Gasteiger partial charge in [-0.15, -0.1) is 0 Å². The second kappa shape index (κ2) is 8.21. The van der Waals surface area contributed by atoms with Crippen molar-refractivity contribution in [3.05, 3.63) is 70.9 Å². The Kier molecular flexibility index (Phi) is 5.75. The lowest BCUT2D eigenvalue weighted by atomic mass is 10.2. The molecule has 0 unspecified atom stereocenters. The molecule has 3 aromatic rings. The first kappa shape index (κ1) is 18.2. The largest absolute Gasteiger partial charge is 0.423 e. The number of halogens is 1. The van der Waals surface area contributed by atoms with E-state index in [1.807, 2.05) is 31.4 Å². The van der Waals surface area contributed by atoms with E-state index in [2.05, 4.69) is 15.3 Å². The van der Waals surface area contributed by atoms with Crippen molar-refractivity contribution in [3.8, 4) is 5.75 Å². The van der Waals surface area contributed by atoms with E-state index in [4.69, 9.17) is 16.3 Å². The zero-order valence-corrected chi connectivity index (χ0v) is 15.8. The van der Waals surface area contributed by atoms with Crippen LogP contribution in [0.2, 0.25) is 5.02 Å². The second-order valence-corrected chi connectivity index (χ2v) is 6.58. The van der Waals surface area contributed by atoms with Crippen LogP contribution in [0, 0.1) is 6.92 Å². The number of carbonyl (C=O) groups is 1. The number of hydrogen-bond donors (Lipinski definition) is 1. The number of nitrogens with zero attached hydrogens (tertiary/aromatic N) is 2. The summed E-state index contributed by atoms with van der Waals surface area (Å²) >= 11 is 7.50. The molecule has 0 spiro atoms. The third kappa shape index (κ3) is 4.53. The van der Waals surface area contributed by atoms with Gasteiger partial charge in [-0.05, 0) is 49.6 Å². The van der Waals surface area contributed by atoms with E-state index in [0.29, 0.717) is 27.3 Å². The molecule has 0 aliphatic rings. The van der Waals surface area contributed by atoms with Gasteiger partial charge in [0, 0.05) is 17.4 Å². The lowest BCUT2D eigenvalue weighted by Gasteiger charge is -2.09. The van der Waals surface area contributed by atoms with Crippen LogP contribution in [0.1, 0.15) is 16.1 Å². The number of aromatic nitrogens is 2. The van der Waals surface area contributed by atoms with Crippen LogP contribution in [0.25, 0.3) is 0 Å². The molecule has 3 rings (SSSR count). The van der Waals surface area contributed by atoms with Gasteiger partial charge in [0.1, 0.15) is 11.6 Å². The van der Waals surface area contributed by atoms with Gasteiger partial charge >= 0.3 is 5.97 Å². The summed E-state index contributed by atoms with van der Waals surface area (Å²) < 4.78 is 5.36. The minimum absolute atomic E-state index is 0.331. The van der Waals surface area contributed by atoms with Crippen LogP contribution in [0.4, 0.5) is 11.5 Å².